The van der Waals surface area contributed by atoms with E-state index in [0.717, 1.165) is 30.2 Å². The SMILES string of the molecule is C=CCCCCCOc1cc(Br)ccc1F. The lowest BCUT2D eigenvalue weighted by Crippen LogP contribution is -1.99. The molecule has 1 aromatic carbocycles. The van der Waals surface area contributed by atoms with Gasteiger partial charge < -0.3 is 4.74 Å². The Morgan fingerprint density at radius 2 is 2.12 bits per heavy atom. The molecule has 1 rings (SSSR count). The van der Waals surface area contributed by atoms with E-state index in [1.54, 1.807) is 12.1 Å². The van der Waals surface area contributed by atoms with Crippen LogP contribution in [0.25, 0.3) is 0 Å². The Bertz CT molecular complexity index is 339. The van der Waals surface area contributed by atoms with E-state index in [-0.39, 0.29) is 5.82 Å². The summed E-state index contributed by atoms with van der Waals surface area (Å²) in [6.07, 6.45) is 6.09. The van der Waals surface area contributed by atoms with E-state index in [4.69, 9.17) is 4.74 Å². The predicted octanol–water partition coefficient (Wildman–Crippen LogP) is 4.71. The number of unbranched alkanes of at least 4 members (excludes halogenated alkanes) is 3. The van der Waals surface area contributed by atoms with Crippen molar-refractivity contribution in [3.05, 3.63) is 41.1 Å². The monoisotopic (exact) mass is 286 g/mol. The second kappa shape index (κ2) is 7.44. The third kappa shape index (κ3) is 4.79. The van der Waals surface area contributed by atoms with E-state index in [9.17, 15) is 4.39 Å². The van der Waals surface area contributed by atoms with Gasteiger partial charge in [0.25, 0.3) is 0 Å². The molecular formula is C13H16BrFO. The number of hydrogen-bond acceptors (Lipinski definition) is 1. The van der Waals surface area contributed by atoms with Crippen LogP contribution < -0.4 is 4.74 Å². The molecule has 0 aliphatic rings. The maximum absolute atomic E-state index is 13.2. The van der Waals surface area contributed by atoms with E-state index >= 15 is 0 Å². The fourth-order valence-electron chi connectivity index (χ4n) is 1.34. The zero-order chi connectivity index (χ0) is 11.8. The fourth-order valence-corrected chi connectivity index (χ4v) is 1.68. The van der Waals surface area contributed by atoms with E-state index in [1.807, 2.05) is 6.08 Å². The molecule has 1 aromatic rings. The van der Waals surface area contributed by atoms with Gasteiger partial charge in [-0.1, -0.05) is 22.0 Å². The Morgan fingerprint density at radius 1 is 1.31 bits per heavy atom. The van der Waals surface area contributed by atoms with Gasteiger partial charge in [0.2, 0.25) is 0 Å². The summed E-state index contributed by atoms with van der Waals surface area (Å²) in [5, 5.41) is 0. The maximum Gasteiger partial charge on any atom is 0.165 e. The quantitative estimate of drug-likeness (QED) is 0.521. The molecule has 0 aliphatic carbocycles. The van der Waals surface area contributed by atoms with Gasteiger partial charge in [-0.15, -0.1) is 6.58 Å². The van der Waals surface area contributed by atoms with Crippen LogP contribution in [-0.2, 0) is 0 Å². The van der Waals surface area contributed by atoms with Gasteiger partial charge in [-0.25, -0.2) is 4.39 Å². The van der Waals surface area contributed by atoms with Crippen LogP contribution in [0.1, 0.15) is 25.7 Å². The second-order valence-corrected chi connectivity index (χ2v) is 4.48. The molecule has 0 heterocycles. The zero-order valence-corrected chi connectivity index (χ0v) is 10.8. The molecule has 0 aromatic heterocycles. The second-order valence-electron chi connectivity index (χ2n) is 3.56. The molecule has 0 atom stereocenters. The average molecular weight is 287 g/mol. The average Bonchev–Trinajstić information content (AvgIpc) is 2.28. The van der Waals surface area contributed by atoms with E-state index in [1.165, 1.54) is 6.07 Å². The molecule has 0 radical (unpaired) electrons. The standard InChI is InChI=1S/C13H16BrFO/c1-2-3-4-5-6-9-16-13-10-11(14)7-8-12(13)15/h2,7-8,10H,1,3-6,9H2. The first-order valence-electron chi connectivity index (χ1n) is 5.43. The van der Waals surface area contributed by atoms with Crippen LogP contribution in [0.5, 0.6) is 5.75 Å². The number of halogens is 2. The summed E-state index contributed by atoms with van der Waals surface area (Å²) in [7, 11) is 0. The molecule has 0 N–H and O–H groups in total. The van der Waals surface area contributed by atoms with Gasteiger partial charge in [0.15, 0.2) is 11.6 Å². The highest BCUT2D eigenvalue weighted by atomic mass is 79.9. The van der Waals surface area contributed by atoms with E-state index < -0.39 is 0 Å². The first-order chi connectivity index (χ1) is 7.74. The summed E-state index contributed by atoms with van der Waals surface area (Å²) >= 11 is 3.28. The molecule has 1 nitrogen and oxygen atoms in total. The Labute approximate surface area is 104 Å². The van der Waals surface area contributed by atoms with Crippen molar-refractivity contribution < 1.29 is 9.13 Å². The Hall–Kier alpha value is -0.830. The van der Waals surface area contributed by atoms with E-state index in [0.29, 0.717) is 12.4 Å². The molecule has 88 valence electrons. The molecule has 0 aliphatic heterocycles. The summed E-state index contributed by atoms with van der Waals surface area (Å²) in [6.45, 7) is 4.22. The van der Waals surface area contributed by atoms with Crippen LogP contribution in [0.2, 0.25) is 0 Å². The minimum absolute atomic E-state index is 0.311. The van der Waals surface area contributed by atoms with Crippen LogP contribution in [0, 0.1) is 5.82 Å². The van der Waals surface area contributed by atoms with Crippen molar-refractivity contribution in [2.75, 3.05) is 6.61 Å². The molecule has 0 unspecified atom stereocenters. The fraction of sp³-hybridized carbons (Fsp3) is 0.385. The smallest absolute Gasteiger partial charge is 0.165 e. The van der Waals surface area contributed by atoms with Crippen molar-refractivity contribution in [1.29, 1.82) is 0 Å². The number of ether oxygens (including phenoxy) is 1. The van der Waals surface area contributed by atoms with Crippen LogP contribution >= 0.6 is 15.9 Å². The lowest BCUT2D eigenvalue weighted by Gasteiger charge is -2.07. The third-order valence-corrected chi connectivity index (χ3v) is 2.70. The summed E-state index contributed by atoms with van der Waals surface area (Å²) in [6, 6.07) is 4.71. The lowest BCUT2D eigenvalue weighted by atomic mass is 10.2. The summed E-state index contributed by atoms with van der Waals surface area (Å²) in [5.41, 5.74) is 0. The van der Waals surface area contributed by atoms with Gasteiger partial charge >= 0.3 is 0 Å². The van der Waals surface area contributed by atoms with Crippen molar-refractivity contribution in [2.45, 2.75) is 25.7 Å². The van der Waals surface area contributed by atoms with Gasteiger partial charge in [-0.3, -0.25) is 0 Å². The van der Waals surface area contributed by atoms with Gasteiger partial charge in [-0.2, -0.15) is 0 Å². The highest BCUT2D eigenvalue weighted by Gasteiger charge is 2.03. The number of hydrogen-bond donors (Lipinski definition) is 0. The zero-order valence-electron chi connectivity index (χ0n) is 9.22. The normalized spacial score (nSPS) is 10.1. The largest absolute Gasteiger partial charge is 0.490 e. The maximum atomic E-state index is 13.2. The van der Waals surface area contributed by atoms with E-state index in [2.05, 4.69) is 22.5 Å². The molecule has 3 heteroatoms. The number of rotatable bonds is 7. The van der Waals surface area contributed by atoms with Gasteiger partial charge in [-0.05, 0) is 43.9 Å². The third-order valence-electron chi connectivity index (χ3n) is 2.20. The van der Waals surface area contributed by atoms with Crippen molar-refractivity contribution in [1.82, 2.24) is 0 Å². The molecule has 0 amide bonds. The molecule has 16 heavy (non-hydrogen) atoms. The van der Waals surface area contributed by atoms with Gasteiger partial charge in [0.05, 0.1) is 6.61 Å². The van der Waals surface area contributed by atoms with Crippen molar-refractivity contribution >= 4 is 15.9 Å². The summed E-state index contributed by atoms with van der Waals surface area (Å²) in [4.78, 5) is 0. The van der Waals surface area contributed by atoms with Gasteiger partial charge in [0, 0.05) is 4.47 Å². The van der Waals surface area contributed by atoms with Crippen molar-refractivity contribution in [3.63, 3.8) is 0 Å². The van der Waals surface area contributed by atoms with Crippen LogP contribution in [0.15, 0.2) is 35.3 Å². The Balaban J connectivity index is 2.26. The predicted molar refractivity (Wildman–Crippen MR) is 68.3 cm³/mol. The molecule has 0 saturated heterocycles. The Morgan fingerprint density at radius 3 is 2.88 bits per heavy atom. The first-order valence-corrected chi connectivity index (χ1v) is 6.22. The molecule has 0 saturated carbocycles. The highest BCUT2D eigenvalue weighted by molar-refractivity contribution is 9.10. The van der Waals surface area contributed by atoms with Crippen molar-refractivity contribution in [3.8, 4) is 5.75 Å². The summed E-state index contributed by atoms with van der Waals surface area (Å²) < 4.78 is 19.4. The first kappa shape index (κ1) is 13.2. The molecular weight excluding hydrogens is 271 g/mol. The minimum atomic E-state index is -0.311. The van der Waals surface area contributed by atoms with Crippen LogP contribution in [-0.4, -0.2) is 6.61 Å². The number of allylic oxidation sites excluding steroid dienone is 1. The van der Waals surface area contributed by atoms with Crippen LogP contribution in [0.3, 0.4) is 0 Å². The highest BCUT2D eigenvalue weighted by Crippen LogP contribution is 2.22. The lowest BCUT2D eigenvalue weighted by molar-refractivity contribution is 0.290. The van der Waals surface area contributed by atoms with Crippen LogP contribution in [0.4, 0.5) is 4.39 Å². The topological polar surface area (TPSA) is 9.23 Å². The van der Waals surface area contributed by atoms with Crippen molar-refractivity contribution in [2.24, 2.45) is 0 Å². The number of benzene rings is 1. The molecule has 0 fully saturated rings. The summed E-state index contributed by atoms with van der Waals surface area (Å²) in [5.74, 6) is 0.00684. The minimum Gasteiger partial charge on any atom is -0.490 e. The molecule has 0 bridgehead atoms. The van der Waals surface area contributed by atoms with Gasteiger partial charge in [0.1, 0.15) is 0 Å². The Kier molecular flexibility index (Phi) is 6.16. The molecule has 0 spiro atoms.